The van der Waals surface area contributed by atoms with E-state index in [0.717, 1.165) is 19.3 Å². The maximum Gasteiger partial charge on any atom is 0.328 e. The zero-order chi connectivity index (χ0) is 18.5. The molecule has 1 aromatic rings. The summed E-state index contributed by atoms with van der Waals surface area (Å²) in [4.78, 5) is 38.5. The topological polar surface area (TPSA) is 101 Å². The number of aromatic nitrogens is 2. The number of methoxy groups -OCH3 is 1. The second-order valence-electron chi connectivity index (χ2n) is 6.84. The third-order valence-electron chi connectivity index (χ3n) is 5.23. The van der Waals surface area contributed by atoms with E-state index < -0.39 is 6.04 Å². The van der Waals surface area contributed by atoms with E-state index in [1.165, 1.54) is 13.3 Å². The zero-order valence-electron chi connectivity index (χ0n) is 14.9. The molecule has 2 aliphatic rings. The number of esters is 1. The maximum absolute atomic E-state index is 12.8. The van der Waals surface area contributed by atoms with Crippen molar-refractivity contribution in [2.24, 2.45) is 5.92 Å². The Hall–Kier alpha value is -2.51. The number of ether oxygens (including phenoxy) is 1. The molecule has 0 aromatic carbocycles. The Labute approximate surface area is 152 Å². The van der Waals surface area contributed by atoms with Gasteiger partial charge in [-0.2, -0.15) is 5.10 Å². The van der Waals surface area contributed by atoms with Gasteiger partial charge in [0.25, 0.3) is 5.91 Å². The van der Waals surface area contributed by atoms with Crippen LogP contribution in [0.1, 0.15) is 49.0 Å². The average molecular weight is 360 g/mol. The average Bonchev–Trinajstić information content (AvgIpc) is 3.18. The normalized spacial score (nSPS) is 25.6. The van der Waals surface area contributed by atoms with Crippen LogP contribution in [0.25, 0.3) is 0 Å². The predicted octanol–water partition coefficient (Wildman–Crippen LogP) is 0.929. The van der Waals surface area contributed by atoms with Crippen LogP contribution in [0.5, 0.6) is 0 Å². The van der Waals surface area contributed by atoms with Gasteiger partial charge in [0.05, 0.1) is 7.11 Å². The third-order valence-corrected chi connectivity index (χ3v) is 5.23. The Bertz CT molecular complexity index is 658. The molecule has 0 spiro atoms. The highest BCUT2D eigenvalue weighted by atomic mass is 16.5. The summed E-state index contributed by atoms with van der Waals surface area (Å²) in [6.07, 6.45) is 5.89. The molecule has 1 aliphatic heterocycles. The van der Waals surface area contributed by atoms with Crippen molar-refractivity contribution < 1.29 is 19.1 Å². The van der Waals surface area contributed by atoms with Crippen LogP contribution in [0.3, 0.4) is 0 Å². The Morgan fingerprint density at radius 2 is 1.96 bits per heavy atom. The number of rotatable bonds is 4. The van der Waals surface area contributed by atoms with Gasteiger partial charge in [-0.15, -0.1) is 5.10 Å². The van der Waals surface area contributed by atoms with E-state index in [1.807, 2.05) is 0 Å². The van der Waals surface area contributed by atoms with Crippen LogP contribution < -0.4 is 5.32 Å². The predicted molar refractivity (Wildman–Crippen MR) is 92.0 cm³/mol. The number of amides is 2. The first kappa shape index (κ1) is 18.3. The molecule has 0 radical (unpaired) electrons. The summed E-state index contributed by atoms with van der Waals surface area (Å²) in [5, 5.41) is 10.5. The first-order chi connectivity index (χ1) is 12.6. The molecule has 8 heteroatoms. The quantitative estimate of drug-likeness (QED) is 0.802. The van der Waals surface area contributed by atoms with Gasteiger partial charge in [0.15, 0.2) is 5.69 Å². The lowest BCUT2D eigenvalue weighted by molar-refractivity contribution is -0.152. The molecule has 2 fully saturated rings. The number of hydrogen-bond donors (Lipinski definition) is 1. The minimum absolute atomic E-state index is 0.0311. The van der Waals surface area contributed by atoms with Crippen molar-refractivity contribution in [3.63, 3.8) is 0 Å². The summed E-state index contributed by atoms with van der Waals surface area (Å²) in [5.74, 6) is -0.625. The van der Waals surface area contributed by atoms with Crippen LogP contribution in [0.2, 0.25) is 0 Å². The highest BCUT2D eigenvalue weighted by Crippen LogP contribution is 2.29. The van der Waals surface area contributed by atoms with Gasteiger partial charge in [0, 0.05) is 24.7 Å². The molecule has 3 rings (SSSR count). The molecule has 26 heavy (non-hydrogen) atoms. The number of nitrogens with one attached hydrogen (secondary N) is 1. The fourth-order valence-corrected chi connectivity index (χ4v) is 3.81. The van der Waals surface area contributed by atoms with Gasteiger partial charge in [-0.05, 0) is 50.7 Å². The van der Waals surface area contributed by atoms with Gasteiger partial charge in [-0.1, -0.05) is 0 Å². The summed E-state index contributed by atoms with van der Waals surface area (Å²) < 4.78 is 4.81. The molecule has 1 atom stereocenters. The van der Waals surface area contributed by atoms with E-state index in [0.29, 0.717) is 31.5 Å². The molecule has 2 amide bonds. The largest absolute Gasteiger partial charge is 0.467 e. The minimum Gasteiger partial charge on any atom is -0.467 e. The standard InChI is InChI=1S/C18H24N4O4/c1-26-18(25)15-5-3-11-22(15)17(24)12-6-8-13(9-7-12)20-16(23)14-4-2-10-19-21-14/h2,4,10,12-13,15H,3,5-9,11H2,1H3,(H,20,23)/t12?,13?,15-/m1/s1. The van der Waals surface area contributed by atoms with Crippen LogP contribution in [0.15, 0.2) is 18.3 Å². The van der Waals surface area contributed by atoms with Crippen molar-refractivity contribution in [1.29, 1.82) is 0 Å². The lowest BCUT2D eigenvalue weighted by Crippen LogP contribution is -2.46. The van der Waals surface area contributed by atoms with Crippen LogP contribution in [-0.2, 0) is 14.3 Å². The second-order valence-corrected chi connectivity index (χ2v) is 6.84. The van der Waals surface area contributed by atoms with Crippen molar-refractivity contribution in [3.05, 3.63) is 24.0 Å². The first-order valence-electron chi connectivity index (χ1n) is 9.07. The Morgan fingerprint density at radius 3 is 2.62 bits per heavy atom. The maximum atomic E-state index is 12.8. The number of nitrogens with zero attached hydrogens (tertiary/aromatic N) is 3. The van der Waals surface area contributed by atoms with Crippen molar-refractivity contribution >= 4 is 17.8 Å². The van der Waals surface area contributed by atoms with Crippen LogP contribution >= 0.6 is 0 Å². The number of hydrogen-bond acceptors (Lipinski definition) is 6. The van der Waals surface area contributed by atoms with E-state index in [9.17, 15) is 14.4 Å². The minimum atomic E-state index is -0.443. The molecule has 1 saturated carbocycles. The summed E-state index contributed by atoms with van der Waals surface area (Å²) in [6, 6.07) is 2.88. The van der Waals surface area contributed by atoms with Gasteiger partial charge in [0.1, 0.15) is 6.04 Å². The molecular weight excluding hydrogens is 336 g/mol. The number of carbonyl (C=O) groups excluding carboxylic acids is 3. The van der Waals surface area contributed by atoms with Gasteiger partial charge < -0.3 is 15.0 Å². The van der Waals surface area contributed by atoms with Crippen molar-refractivity contribution in [2.45, 2.75) is 50.6 Å². The van der Waals surface area contributed by atoms with E-state index >= 15 is 0 Å². The first-order valence-corrected chi connectivity index (χ1v) is 9.07. The van der Waals surface area contributed by atoms with E-state index in [4.69, 9.17) is 4.74 Å². The van der Waals surface area contributed by atoms with E-state index in [2.05, 4.69) is 15.5 Å². The molecule has 1 aliphatic carbocycles. The fraction of sp³-hybridized carbons (Fsp3) is 0.611. The lowest BCUT2D eigenvalue weighted by Gasteiger charge is -2.32. The summed E-state index contributed by atoms with van der Waals surface area (Å²) >= 11 is 0. The Kier molecular flexibility index (Phi) is 5.80. The summed E-state index contributed by atoms with van der Waals surface area (Å²) in [7, 11) is 1.36. The van der Waals surface area contributed by atoms with E-state index in [1.54, 1.807) is 17.0 Å². The molecule has 8 nitrogen and oxygen atoms in total. The molecule has 2 heterocycles. The molecule has 1 aromatic heterocycles. The summed E-state index contributed by atoms with van der Waals surface area (Å²) in [6.45, 7) is 0.613. The highest BCUT2D eigenvalue weighted by molar-refractivity contribution is 5.92. The third kappa shape index (κ3) is 4.00. The van der Waals surface area contributed by atoms with Crippen molar-refractivity contribution in [3.8, 4) is 0 Å². The van der Waals surface area contributed by atoms with Crippen LogP contribution in [0, 0.1) is 5.92 Å². The number of carbonyl (C=O) groups is 3. The molecule has 1 saturated heterocycles. The number of likely N-dealkylation sites (tertiary alicyclic amines) is 1. The van der Waals surface area contributed by atoms with Gasteiger partial charge in [-0.25, -0.2) is 4.79 Å². The van der Waals surface area contributed by atoms with Crippen LogP contribution in [0.4, 0.5) is 0 Å². The molecule has 1 N–H and O–H groups in total. The Balaban J connectivity index is 1.51. The zero-order valence-corrected chi connectivity index (χ0v) is 14.9. The van der Waals surface area contributed by atoms with Gasteiger partial charge >= 0.3 is 5.97 Å². The second kappa shape index (κ2) is 8.25. The summed E-state index contributed by atoms with van der Waals surface area (Å²) in [5.41, 5.74) is 0.295. The van der Waals surface area contributed by atoms with Crippen molar-refractivity contribution in [2.75, 3.05) is 13.7 Å². The van der Waals surface area contributed by atoms with Gasteiger partial charge in [0.2, 0.25) is 5.91 Å². The lowest BCUT2D eigenvalue weighted by atomic mass is 9.85. The molecule has 0 bridgehead atoms. The monoisotopic (exact) mass is 360 g/mol. The molecule has 0 unspecified atom stereocenters. The van der Waals surface area contributed by atoms with Crippen molar-refractivity contribution in [1.82, 2.24) is 20.4 Å². The van der Waals surface area contributed by atoms with Crippen LogP contribution in [-0.4, -0.2) is 58.6 Å². The molecular formula is C18H24N4O4. The smallest absolute Gasteiger partial charge is 0.328 e. The van der Waals surface area contributed by atoms with E-state index in [-0.39, 0.29) is 29.7 Å². The SMILES string of the molecule is COC(=O)[C@H]1CCCN1C(=O)C1CCC(NC(=O)c2cccnn2)CC1. The Morgan fingerprint density at radius 1 is 1.19 bits per heavy atom. The molecule has 140 valence electrons. The van der Waals surface area contributed by atoms with Gasteiger partial charge in [-0.3, -0.25) is 9.59 Å². The highest BCUT2D eigenvalue weighted by Gasteiger charge is 2.38. The fourth-order valence-electron chi connectivity index (χ4n) is 3.81.